The molecule has 12 heteroatoms. The van der Waals surface area contributed by atoms with E-state index in [-0.39, 0.29) is 18.3 Å². The molecule has 0 unspecified atom stereocenters. The number of ether oxygens (including phenoxy) is 2. The van der Waals surface area contributed by atoms with Crippen LogP contribution in [0.25, 0.3) is 0 Å². The van der Waals surface area contributed by atoms with Gasteiger partial charge in [-0.15, -0.1) is 0 Å². The average molecular weight is 496 g/mol. The molecule has 1 fully saturated rings. The Kier molecular flexibility index (Phi) is 6.98. The van der Waals surface area contributed by atoms with Gasteiger partial charge in [-0.3, -0.25) is 14.5 Å². The molecule has 2 aliphatic heterocycles. The number of rotatable bonds is 7. The number of amides is 2. The fourth-order valence-electron chi connectivity index (χ4n) is 3.80. The SMILES string of the molecule is O=C(NCCN1CCN(C(=O)c2ccccc2S(=O)(=O)C(F)F)CC1)c1ccc2c(c1)OCO2. The number of carbonyl (C=O) groups is 2. The first-order chi connectivity index (χ1) is 16.3. The number of hydrogen-bond acceptors (Lipinski definition) is 7. The van der Waals surface area contributed by atoms with Gasteiger partial charge >= 0.3 is 5.76 Å². The molecule has 182 valence electrons. The first-order valence-electron chi connectivity index (χ1n) is 10.6. The lowest BCUT2D eigenvalue weighted by molar-refractivity contribution is 0.0634. The van der Waals surface area contributed by atoms with Crippen LogP contribution in [0.4, 0.5) is 8.78 Å². The minimum Gasteiger partial charge on any atom is -0.454 e. The maximum Gasteiger partial charge on any atom is 0.341 e. The highest BCUT2D eigenvalue weighted by Gasteiger charge is 2.33. The van der Waals surface area contributed by atoms with Crippen molar-refractivity contribution in [3.05, 3.63) is 53.6 Å². The predicted molar refractivity (Wildman–Crippen MR) is 117 cm³/mol. The third kappa shape index (κ3) is 4.97. The van der Waals surface area contributed by atoms with Crippen molar-refractivity contribution in [2.45, 2.75) is 10.7 Å². The quantitative estimate of drug-likeness (QED) is 0.622. The van der Waals surface area contributed by atoms with Crippen molar-refractivity contribution < 1.29 is 36.3 Å². The summed E-state index contributed by atoms with van der Waals surface area (Å²) in [6.07, 6.45) is 0. The van der Waals surface area contributed by atoms with Gasteiger partial charge in [0.25, 0.3) is 11.8 Å². The van der Waals surface area contributed by atoms with Gasteiger partial charge in [0, 0.05) is 44.8 Å². The van der Waals surface area contributed by atoms with E-state index in [2.05, 4.69) is 5.32 Å². The van der Waals surface area contributed by atoms with E-state index >= 15 is 0 Å². The van der Waals surface area contributed by atoms with Crippen LogP contribution in [-0.4, -0.2) is 81.9 Å². The van der Waals surface area contributed by atoms with Crippen LogP contribution in [0.3, 0.4) is 0 Å². The highest BCUT2D eigenvalue weighted by Crippen LogP contribution is 2.32. The molecular weight excluding hydrogens is 472 g/mol. The molecule has 0 aliphatic carbocycles. The van der Waals surface area contributed by atoms with E-state index < -0.39 is 26.4 Å². The lowest BCUT2D eigenvalue weighted by atomic mass is 10.1. The molecule has 2 amide bonds. The molecule has 0 atom stereocenters. The van der Waals surface area contributed by atoms with Crippen LogP contribution in [-0.2, 0) is 9.84 Å². The van der Waals surface area contributed by atoms with Crippen LogP contribution in [0.2, 0.25) is 0 Å². The van der Waals surface area contributed by atoms with Crippen molar-refractivity contribution in [1.82, 2.24) is 15.1 Å². The summed E-state index contributed by atoms with van der Waals surface area (Å²) < 4.78 is 60.4. The van der Waals surface area contributed by atoms with Gasteiger partial charge in [-0.25, -0.2) is 8.42 Å². The van der Waals surface area contributed by atoms with Crippen molar-refractivity contribution in [3.63, 3.8) is 0 Å². The summed E-state index contributed by atoms with van der Waals surface area (Å²) in [5.74, 6) is -3.33. The molecule has 0 aromatic heterocycles. The highest BCUT2D eigenvalue weighted by molar-refractivity contribution is 7.91. The number of carbonyl (C=O) groups excluding carboxylic acids is 2. The van der Waals surface area contributed by atoms with E-state index in [0.717, 1.165) is 6.07 Å². The molecule has 2 heterocycles. The lowest BCUT2D eigenvalue weighted by Crippen LogP contribution is -2.50. The fourth-order valence-corrected chi connectivity index (χ4v) is 4.72. The van der Waals surface area contributed by atoms with Gasteiger partial charge in [0.2, 0.25) is 16.6 Å². The summed E-state index contributed by atoms with van der Waals surface area (Å²) in [6.45, 7) is 2.66. The molecule has 2 aromatic carbocycles. The van der Waals surface area contributed by atoms with Crippen LogP contribution in [0.1, 0.15) is 20.7 Å². The molecule has 0 spiro atoms. The number of nitrogens with one attached hydrogen (secondary N) is 1. The van der Waals surface area contributed by atoms with Crippen LogP contribution in [0, 0.1) is 0 Å². The second-order valence-corrected chi connectivity index (χ2v) is 9.65. The van der Waals surface area contributed by atoms with E-state index in [1.54, 1.807) is 18.2 Å². The van der Waals surface area contributed by atoms with Gasteiger partial charge in [-0.1, -0.05) is 12.1 Å². The van der Waals surface area contributed by atoms with Crippen LogP contribution in [0.15, 0.2) is 47.4 Å². The summed E-state index contributed by atoms with van der Waals surface area (Å²) in [5.41, 5.74) is 0.198. The van der Waals surface area contributed by atoms with Gasteiger partial charge in [0.05, 0.1) is 10.5 Å². The highest BCUT2D eigenvalue weighted by atomic mass is 32.2. The zero-order valence-corrected chi connectivity index (χ0v) is 18.9. The standard InChI is InChI=1S/C22H23F2N3O6S/c23-22(24)34(30,31)19-4-2-1-3-16(19)21(29)27-11-9-26(10-12-27)8-7-25-20(28)15-5-6-17-18(13-15)33-14-32-17/h1-6,13,22H,7-12,14H2,(H,25,28). The summed E-state index contributed by atoms with van der Waals surface area (Å²) in [5, 5.41) is 2.84. The first-order valence-corrected chi connectivity index (χ1v) is 12.1. The Bertz CT molecular complexity index is 1180. The Balaban J connectivity index is 1.28. The van der Waals surface area contributed by atoms with Gasteiger partial charge in [0.1, 0.15) is 0 Å². The van der Waals surface area contributed by atoms with E-state index in [1.807, 2.05) is 4.90 Å². The van der Waals surface area contributed by atoms with Crippen LogP contribution < -0.4 is 14.8 Å². The monoisotopic (exact) mass is 495 g/mol. The maximum atomic E-state index is 13.0. The van der Waals surface area contributed by atoms with E-state index in [4.69, 9.17) is 9.47 Å². The fraction of sp³-hybridized carbons (Fsp3) is 0.364. The Hall–Kier alpha value is -3.25. The van der Waals surface area contributed by atoms with Crippen LogP contribution >= 0.6 is 0 Å². The third-order valence-corrected chi connectivity index (χ3v) is 7.10. The van der Waals surface area contributed by atoms with Crippen molar-refractivity contribution in [3.8, 4) is 11.5 Å². The second kappa shape index (κ2) is 9.94. The molecule has 1 saturated heterocycles. The average Bonchev–Trinajstić information content (AvgIpc) is 3.32. The minimum absolute atomic E-state index is 0.127. The van der Waals surface area contributed by atoms with Crippen LogP contribution in [0.5, 0.6) is 11.5 Å². The minimum atomic E-state index is -4.89. The Morgan fingerprint density at radius 3 is 2.44 bits per heavy atom. The zero-order valence-electron chi connectivity index (χ0n) is 18.1. The molecule has 2 aliphatic rings. The number of nitrogens with zero attached hydrogens (tertiary/aromatic N) is 2. The smallest absolute Gasteiger partial charge is 0.341 e. The summed E-state index contributed by atoms with van der Waals surface area (Å²) in [6, 6.07) is 9.97. The largest absolute Gasteiger partial charge is 0.454 e. The number of alkyl halides is 2. The summed E-state index contributed by atoms with van der Waals surface area (Å²) in [7, 11) is -4.89. The van der Waals surface area contributed by atoms with E-state index in [9.17, 15) is 26.8 Å². The number of fused-ring (bicyclic) bond motifs is 1. The Morgan fingerprint density at radius 2 is 1.71 bits per heavy atom. The van der Waals surface area contributed by atoms with Crippen molar-refractivity contribution >= 4 is 21.7 Å². The first kappa shape index (κ1) is 23.9. The molecule has 2 aromatic rings. The van der Waals surface area contributed by atoms with E-state index in [1.165, 1.54) is 23.1 Å². The Morgan fingerprint density at radius 1 is 1.00 bits per heavy atom. The molecule has 0 radical (unpaired) electrons. The molecule has 0 bridgehead atoms. The second-order valence-electron chi connectivity index (χ2n) is 7.76. The predicted octanol–water partition coefficient (Wildman–Crippen LogP) is 1.60. The van der Waals surface area contributed by atoms with Crippen molar-refractivity contribution in [2.24, 2.45) is 0 Å². The third-order valence-electron chi connectivity index (χ3n) is 5.67. The van der Waals surface area contributed by atoms with Gasteiger partial charge < -0.3 is 19.7 Å². The molecule has 4 rings (SSSR count). The lowest BCUT2D eigenvalue weighted by Gasteiger charge is -2.35. The van der Waals surface area contributed by atoms with Gasteiger partial charge in [0.15, 0.2) is 11.5 Å². The zero-order chi connectivity index (χ0) is 24.3. The number of hydrogen-bond donors (Lipinski definition) is 1. The molecular formula is C22H23F2N3O6S. The molecule has 0 saturated carbocycles. The Labute approximate surface area is 195 Å². The number of piperazine rings is 1. The molecule has 9 nitrogen and oxygen atoms in total. The van der Waals surface area contributed by atoms with E-state index in [0.29, 0.717) is 56.3 Å². The van der Waals surface area contributed by atoms with Gasteiger partial charge in [-0.05, 0) is 30.3 Å². The topological polar surface area (TPSA) is 105 Å². The number of halogens is 2. The number of sulfone groups is 1. The summed E-state index contributed by atoms with van der Waals surface area (Å²) >= 11 is 0. The van der Waals surface area contributed by atoms with Crippen molar-refractivity contribution in [2.75, 3.05) is 46.1 Å². The number of benzene rings is 2. The summed E-state index contributed by atoms with van der Waals surface area (Å²) in [4.78, 5) is 28.1. The normalized spacial score (nSPS) is 16.0. The maximum absolute atomic E-state index is 13.0. The van der Waals surface area contributed by atoms with Gasteiger partial charge in [-0.2, -0.15) is 8.78 Å². The molecule has 1 N–H and O–H groups in total. The molecule has 34 heavy (non-hydrogen) atoms. The van der Waals surface area contributed by atoms with Crippen molar-refractivity contribution in [1.29, 1.82) is 0 Å².